The van der Waals surface area contributed by atoms with Crippen molar-refractivity contribution >= 4 is 5.91 Å². The van der Waals surface area contributed by atoms with Gasteiger partial charge >= 0.3 is 0 Å². The standard InChI is InChI=1S/C10H18F2N2O2/c1-3-8-10(15)14(7(2)13-8)4-5-16-6-9(11)12/h7-9,13H,3-6H2,1-2H3. The molecule has 1 aliphatic rings. The Labute approximate surface area is 93.9 Å². The Bertz CT molecular complexity index is 239. The van der Waals surface area contributed by atoms with Gasteiger partial charge in [-0.15, -0.1) is 0 Å². The maximum Gasteiger partial charge on any atom is 0.261 e. The van der Waals surface area contributed by atoms with Gasteiger partial charge in [-0.25, -0.2) is 8.78 Å². The molecule has 0 bridgehead atoms. The summed E-state index contributed by atoms with van der Waals surface area (Å²) in [5.41, 5.74) is 0. The number of ether oxygens (including phenoxy) is 1. The van der Waals surface area contributed by atoms with Crippen LogP contribution < -0.4 is 5.32 Å². The van der Waals surface area contributed by atoms with Crippen LogP contribution in [-0.2, 0) is 9.53 Å². The number of hydrogen-bond acceptors (Lipinski definition) is 3. The number of carbonyl (C=O) groups is 1. The molecule has 1 rings (SSSR count). The molecule has 0 aliphatic carbocycles. The van der Waals surface area contributed by atoms with Gasteiger partial charge in [0, 0.05) is 6.54 Å². The van der Waals surface area contributed by atoms with Gasteiger partial charge < -0.3 is 9.64 Å². The van der Waals surface area contributed by atoms with E-state index in [-0.39, 0.29) is 24.7 Å². The van der Waals surface area contributed by atoms with Crippen LogP contribution in [0.1, 0.15) is 20.3 Å². The summed E-state index contributed by atoms with van der Waals surface area (Å²) in [6.45, 7) is 3.75. The molecule has 2 atom stereocenters. The number of hydrogen-bond donors (Lipinski definition) is 1. The summed E-state index contributed by atoms with van der Waals surface area (Å²) in [6.07, 6.45) is -1.77. The monoisotopic (exact) mass is 236 g/mol. The summed E-state index contributed by atoms with van der Waals surface area (Å²) in [4.78, 5) is 13.4. The summed E-state index contributed by atoms with van der Waals surface area (Å²) in [5.74, 6) is 0.0237. The van der Waals surface area contributed by atoms with Crippen LogP contribution in [0, 0.1) is 0 Å². The molecule has 0 saturated carbocycles. The molecule has 1 amide bonds. The van der Waals surface area contributed by atoms with Gasteiger partial charge in [0.15, 0.2) is 0 Å². The van der Waals surface area contributed by atoms with Crippen molar-refractivity contribution in [2.24, 2.45) is 0 Å². The zero-order valence-electron chi connectivity index (χ0n) is 9.58. The van der Waals surface area contributed by atoms with Crippen molar-refractivity contribution in [2.75, 3.05) is 19.8 Å². The molecule has 0 radical (unpaired) electrons. The van der Waals surface area contributed by atoms with E-state index in [9.17, 15) is 13.6 Å². The molecule has 16 heavy (non-hydrogen) atoms. The van der Waals surface area contributed by atoms with E-state index in [0.29, 0.717) is 6.54 Å². The largest absolute Gasteiger partial charge is 0.374 e. The topological polar surface area (TPSA) is 41.6 Å². The Kier molecular flexibility index (Phi) is 5.08. The number of nitrogens with one attached hydrogen (secondary N) is 1. The zero-order valence-corrected chi connectivity index (χ0v) is 9.58. The molecule has 94 valence electrons. The molecule has 0 spiro atoms. The number of carbonyl (C=O) groups excluding carboxylic acids is 1. The first-order chi connectivity index (χ1) is 7.56. The number of nitrogens with zero attached hydrogens (tertiary/aromatic N) is 1. The highest BCUT2D eigenvalue weighted by molar-refractivity contribution is 5.84. The molecule has 1 saturated heterocycles. The van der Waals surface area contributed by atoms with E-state index in [1.54, 1.807) is 4.90 Å². The number of alkyl halides is 2. The van der Waals surface area contributed by atoms with Crippen LogP contribution in [0.3, 0.4) is 0 Å². The second-order valence-electron chi connectivity index (χ2n) is 3.80. The lowest BCUT2D eigenvalue weighted by Gasteiger charge is -2.20. The Morgan fingerprint density at radius 3 is 2.75 bits per heavy atom. The minimum absolute atomic E-state index is 0.0237. The predicted molar refractivity (Wildman–Crippen MR) is 55.2 cm³/mol. The fourth-order valence-electron chi connectivity index (χ4n) is 1.78. The average Bonchev–Trinajstić information content (AvgIpc) is 2.50. The summed E-state index contributed by atoms with van der Waals surface area (Å²) in [7, 11) is 0. The number of amides is 1. The normalized spacial score (nSPS) is 25.8. The van der Waals surface area contributed by atoms with E-state index in [4.69, 9.17) is 4.74 Å². The summed E-state index contributed by atoms with van der Waals surface area (Å²) < 4.78 is 28.3. The van der Waals surface area contributed by atoms with Gasteiger partial charge in [0.1, 0.15) is 6.61 Å². The highest BCUT2D eigenvalue weighted by atomic mass is 19.3. The van der Waals surface area contributed by atoms with E-state index < -0.39 is 13.0 Å². The molecule has 0 aromatic rings. The van der Waals surface area contributed by atoms with Crippen LogP contribution in [-0.4, -0.2) is 49.2 Å². The summed E-state index contributed by atoms with van der Waals surface area (Å²) in [6, 6.07) is -0.148. The van der Waals surface area contributed by atoms with Crippen molar-refractivity contribution in [3.8, 4) is 0 Å². The molecule has 1 aliphatic heterocycles. The fourth-order valence-corrected chi connectivity index (χ4v) is 1.78. The van der Waals surface area contributed by atoms with Gasteiger partial charge in [-0.05, 0) is 13.3 Å². The smallest absolute Gasteiger partial charge is 0.261 e. The second-order valence-corrected chi connectivity index (χ2v) is 3.80. The predicted octanol–water partition coefficient (Wildman–Crippen LogP) is 0.824. The first-order valence-corrected chi connectivity index (χ1v) is 5.48. The Morgan fingerprint density at radius 1 is 1.56 bits per heavy atom. The zero-order chi connectivity index (χ0) is 12.1. The van der Waals surface area contributed by atoms with Gasteiger partial charge in [-0.1, -0.05) is 6.92 Å². The van der Waals surface area contributed by atoms with Crippen LogP contribution in [0.5, 0.6) is 0 Å². The molecule has 2 unspecified atom stereocenters. The molecular formula is C10H18F2N2O2. The van der Waals surface area contributed by atoms with Crippen molar-refractivity contribution < 1.29 is 18.3 Å². The quantitative estimate of drug-likeness (QED) is 0.694. The SMILES string of the molecule is CCC1NC(C)N(CCOCC(F)F)C1=O. The molecule has 6 heteroatoms. The lowest BCUT2D eigenvalue weighted by molar-refractivity contribution is -0.130. The Morgan fingerprint density at radius 2 is 2.25 bits per heavy atom. The van der Waals surface area contributed by atoms with Gasteiger partial charge in [0.05, 0.1) is 18.8 Å². The lowest BCUT2D eigenvalue weighted by Crippen LogP contribution is -2.37. The van der Waals surface area contributed by atoms with Crippen molar-refractivity contribution in [1.29, 1.82) is 0 Å². The van der Waals surface area contributed by atoms with Crippen molar-refractivity contribution in [1.82, 2.24) is 10.2 Å². The first kappa shape index (κ1) is 13.3. The second kappa shape index (κ2) is 6.10. The Hall–Kier alpha value is -0.750. The van der Waals surface area contributed by atoms with Gasteiger partial charge in [-0.2, -0.15) is 0 Å². The minimum atomic E-state index is -2.45. The van der Waals surface area contributed by atoms with E-state index in [1.807, 2.05) is 13.8 Å². The maximum absolute atomic E-state index is 11.8. The van der Waals surface area contributed by atoms with E-state index in [1.165, 1.54) is 0 Å². The Balaban J connectivity index is 2.28. The first-order valence-electron chi connectivity index (χ1n) is 5.48. The van der Waals surface area contributed by atoms with Crippen molar-refractivity contribution in [3.05, 3.63) is 0 Å². The molecule has 1 fully saturated rings. The maximum atomic E-state index is 11.8. The van der Waals surface area contributed by atoms with E-state index >= 15 is 0 Å². The number of halogens is 2. The lowest BCUT2D eigenvalue weighted by atomic mass is 10.2. The van der Waals surface area contributed by atoms with Crippen LogP contribution in [0.25, 0.3) is 0 Å². The molecule has 4 nitrogen and oxygen atoms in total. The van der Waals surface area contributed by atoms with Crippen LogP contribution >= 0.6 is 0 Å². The molecule has 0 aromatic carbocycles. The van der Waals surface area contributed by atoms with Gasteiger partial charge in [-0.3, -0.25) is 10.1 Å². The van der Waals surface area contributed by atoms with E-state index in [0.717, 1.165) is 6.42 Å². The van der Waals surface area contributed by atoms with E-state index in [2.05, 4.69) is 5.32 Å². The van der Waals surface area contributed by atoms with Crippen molar-refractivity contribution in [2.45, 2.75) is 38.9 Å². The minimum Gasteiger partial charge on any atom is -0.374 e. The molecule has 1 N–H and O–H groups in total. The molecular weight excluding hydrogens is 218 g/mol. The van der Waals surface area contributed by atoms with Crippen LogP contribution in [0.15, 0.2) is 0 Å². The third-order valence-corrected chi connectivity index (χ3v) is 2.62. The highest BCUT2D eigenvalue weighted by Crippen LogP contribution is 2.12. The number of rotatable bonds is 6. The van der Waals surface area contributed by atoms with Gasteiger partial charge in [0.25, 0.3) is 6.43 Å². The van der Waals surface area contributed by atoms with Gasteiger partial charge in [0.2, 0.25) is 5.91 Å². The van der Waals surface area contributed by atoms with Crippen LogP contribution in [0.2, 0.25) is 0 Å². The molecule has 0 aromatic heterocycles. The highest BCUT2D eigenvalue weighted by Gasteiger charge is 2.34. The average molecular weight is 236 g/mol. The fraction of sp³-hybridized carbons (Fsp3) is 0.900. The van der Waals surface area contributed by atoms with Crippen LogP contribution in [0.4, 0.5) is 8.78 Å². The third kappa shape index (κ3) is 3.38. The molecule has 1 heterocycles. The third-order valence-electron chi connectivity index (χ3n) is 2.62. The summed E-state index contributed by atoms with van der Waals surface area (Å²) in [5, 5.41) is 3.13. The van der Waals surface area contributed by atoms with Crippen molar-refractivity contribution in [3.63, 3.8) is 0 Å². The summed E-state index contributed by atoms with van der Waals surface area (Å²) >= 11 is 0.